The molecule has 2 rings (SSSR count). The predicted molar refractivity (Wildman–Crippen MR) is 70.1 cm³/mol. The molecule has 1 aromatic heterocycles. The van der Waals surface area contributed by atoms with Crippen molar-refractivity contribution < 1.29 is 4.74 Å². The average molecular weight is 253 g/mol. The second-order valence-corrected chi connectivity index (χ2v) is 5.62. The van der Waals surface area contributed by atoms with Crippen molar-refractivity contribution in [2.24, 2.45) is 5.73 Å². The van der Waals surface area contributed by atoms with Crippen LogP contribution in [0.3, 0.4) is 0 Å². The van der Waals surface area contributed by atoms with Crippen LogP contribution in [0.25, 0.3) is 0 Å². The molecule has 0 bridgehead atoms. The molecule has 0 spiro atoms. The molecule has 94 valence electrons. The zero-order chi connectivity index (χ0) is 12.3. The third-order valence-corrected chi connectivity index (χ3v) is 3.55. The van der Waals surface area contributed by atoms with E-state index in [0.29, 0.717) is 0 Å². The third-order valence-electron chi connectivity index (χ3n) is 2.56. The fraction of sp³-hybridized carbons (Fsp3) is 0.667. The monoisotopic (exact) mass is 253 g/mol. The van der Waals surface area contributed by atoms with Crippen molar-refractivity contribution in [3.8, 4) is 0 Å². The number of nitrogens with zero attached hydrogens (tertiary/aromatic N) is 2. The van der Waals surface area contributed by atoms with E-state index in [1.54, 1.807) is 0 Å². The molecule has 1 aliphatic rings. The van der Waals surface area contributed by atoms with Crippen molar-refractivity contribution in [3.05, 3.63) is 23.3 Å². The van der Waals surface area contributed by atoms with Gasteiger partial charge in [-0.25, -0.2) is 9.97 Å². The van der Waals surface area contributed by atoms with Crippen LogP contribution in [-0.2, 0) is 11.2 Å². The van der Waals surface area contributed by atoms with Crippen molar-refractivity contribution in [1.82, 2.24) is 9.97 Å². The summed E-state index contributed by atoms with van der Waals surface area (Å²) >= 11 is 1.89. The molecule has 2 unspecified atom stereocenters. The maximum absolute atomic E-state index is 5.81. The summed E-state index contributed by atoms with van der Waals surface area (Å²) < 4.78 is 5.70. The van der Waals surface area contributed by atoms with Gasteiger partial charge < -0.3 is 10.5 Å². The standard InChI is InChI=1S/C12H19N3OS/c1-8(13)5-10-6-9(2)14-12(15-10)11-7-17-4-3-16-11/h6,8,11H,3-5,7,13H2,1-2H3. The molecular weight excluding hydrogens is 234 g/mol. The van der Waals surface area contributed by atoms with Gasteiger partial charge in [0.15, 0.2) is 5.82 Å². The van der Waals surface area contributed by atoms with Crippen LogP contribution < -0.4 is 5.73 Å². The number of nitrogens with two attached hydrogens (primary N) is 1. The van der Waals surface area contributed by atoms with E-state index in [2.05, 4.69) is 9.97 Å². The molecule has 2 N–H and O–H groups in total. The summed E-state index contributed by atoms with van der Waals surface area (Å²) in [4.78, 5) is 9.04. The normalized spacial score (nSPS) is 22.4. The molecule has 1 fully saturated rings. The third kappa shape index (κ3) is 3.66. The Morgan fingerprint density at radius 3 is 3.06 bits per heavy atom. The van der Waals surface area contributed by atoms with Crippen LogP contribution in [-0.4, -0.2) is 34.1 Å². The van der Waals surface area contributed by atoms with E-state index in [1.165, 1.54) is 0 Å². The summed E-state index contributed by atoms with van der Waals surface area (Å²) in [5.41, 5.74) is 7.81. The molecular formula is C12H19N3OS. The smallest absolute Gasteiger partial charge is 0.158 e. The Kier molecular flexibility index (Phi) is 4.36. The SMILES string of the molecule is Cc1cc(CC(C)N)nc(C2CSCCO2)n1. The van der Waals surface area contributed by atoms with Crippen LogP contribution in [0.5, 0.6) is 0 Å². The van der Waals surface area contributed by atoms with E-state index in [0.717, 1.165) is 41.7 Å². The topological polar surface area (TPSA) is 61.0 Å². The second kappa shape index (κ2) is 5.80. The summed E-state index contributed by atoms with van der Waals surface area (Å²) in [7, 11) is 0. The Morgan fingerprint density at radius 1 is 1.59 bits per heavy atom. The minimum atomic E-state index is 0.0421. The lowest BCUT2D eigenvalue weighted by Gasteiger charge is -2.21. The van der Waals surface area contributed by atoms with E-state index in [4.69, 9.17) is 10.5 Å². The van der Waals surface area contributed by atoms with Crippen molar-refractivity contribution in [1.29, 1.82) is 0 Å². The van der Waals surface area contributed by atoms with Gasteiger partial charge in [0.25, 0.3) is 0 Å². The van der Waals surface area contributed by atoms with E-state index >= 15 is 0 Å². The van der Waals surface area contributed by atoms with E-state index in [-0.39, 0.29) is 12.1 Å². The van der Waals surface area contributed by atoms with Gasteiger partial charge >= 0.3 is 0 Å². The predicted octanol–water partition coefficient (Wildman–Crippen LogP) is 1.48. The first-order valence-electron chi connectivity index (χ1n) is 5.94. The summed E-state index contributed by atoms with van der Waals surface area (Å²) in [6, 6.07) is 2.13. The van der Waals surface area contributed by atoms with Gasteiger partial charge in [-0.05, 0) is 19.9 Å². The maximum Gasteiger partial charge on any atom is 0.158 e. The fourth-order valence-electron chi connectivity index (χ4n) is 1.87. The molecule has 0 radical (unpaired) electrons. The maximum atomic E-state index is 5.81. The van der Waals surface area contributed by atoms with Gasteiger partial charge in [0, 0.05) is 35.4 Å². The lowest BCUT2D eigenvalue weighted by atomic mass is 10.1. The van der Waals surface area contributed by atoms with Crippen LogP contribution in [0.2, 0.25) is 0 Å². The molecule has 1 aliphatic heterocycles. The highest BCUT2D eigenvalue weighted by molar-refractivity contribution is 7.99. The summed E-state index contributed by atoms with van der Waals surface area (Å²) in [5, 5.41) is 0. The van der Waals surface area contributed by atoms with Gasteiger partial charge in [0.1, 0.15) is 6.10 Å². The molecule has 17 heavy (non-hydrogen) atoms. The van der Waals surface area contributed by atoms with Crippen molar-refractivity contribution in [2.45, 2.75) is 32.4 Å². The minimum Gasteiger partial charge on any atom is -0.368 e. The van der Waals surface area contributed by atoms with Crippen molar-refractivity contribution in [2.75, 3.05) is 18.1 Å². The van der Waals surface area contributed by atoms with Crippen molar-refractivity contribution >= 4 is 11.8 Å². The van der Waals surface area contributed by atoms with Crippen LogP contribution in [0.15, 0.2) is 6.07 Å². The Labute approximate surface area is 106 Å². The molecule has 2 heterocycles. The van der Waals surface area contributed by atoms with Gasteiger partial charge in [-0.3, -0.25) is 0 Å². The highest BCUT2D eigenvalue weighted by Crippen LogP contribution is 2.24. The Bertz CT molecular complexity index is 378. The van der Waals surface area contributed by atoms with E-state index < -0.39 is 0 Å². The first kappa shape index (κ1) is 12.8. The van der Waals surface area contributed by atoms with Crippen LogP contribution in [0.4, 0.5) is 0 Å². The molecule has 0 saturated carbocycles. The van der Waals surface area contributed by atoms with Crippen LogP contribution >= 0.6 is 11.8 Å². The molecule has 1 aromatic rings. The van der Waals surface area contributed by atoms with Gasteiger partial charge in [-0.2, -0.15) is 11.8 Å². The van der Waals surface area contributed by atoms with Gasteiger partial charge in [0.05, 0.1) is 6.61 Å². The van der Waals surface area contributed by atoms with Crippen molar-refractivity contribution in [3.63, 3.8) is 0 Å². The zero-order valence-corrected chi connectivity index (χ0v) is 11.2. The number of hydrogen-bond donors (Lipinski definition) is 1. The average Bonchev–Trinajstić information content (AvgIpc) is 2.28. The number of rotatable bonds is 3. The number of hydrogen-bond acceptors (Lipinski definition) is 5. The first-order chi connectivity index (χ1) is 8.15. The quantitative estimate of drug-likeness (QED) is 0.884. The molecule has 0 amide bonds. The number of ether oxygens (including phenoxy) is 1. The van der Waals surface area contributed by atoms with Gasteiger partial charge in [-0.15, -0.1) is 0 Å². The first-order valence-corrected chi connectivity index (χ1v) is 7.10. The highest BCUT2D eigenvalue weighted by atomic mass is 32.2. The molecule has 5 heteroatoms. The van der Waals surface area contributed by atoms with Crippen LogP contribution in [0, 0.1) is 6.92 Å². The Hall–Kier alpha value is -0.650. The molecule has 4 nitrogen and oxygen atoms in total. The summed E-state index contributed by atoms with van der Waals surface area (Å²) in [6.07, 6.45) is 0.830. The lowest BCUT2D eigenvalue weighted by molar-refractivity contribution is 0.0691. The Morgan fingerprint density at radius 2 is 2.41 bits per heavy atom. The summed E-state index contributed by atoms with van der Waals surface area (Å²) in [5.74, 6) is 2.82. The number of aryl methyl sites for hydroxylation is 1. The zero-order valence-electron chi connectivity index (χ0n) is 10.3. The molecule has 0 aromatic carbocycles. The number of aromatic nitrogens is 2. The highest BCUT2D eigenvalue weighted by Gasteiger charge is 2.20. The number of thioether (sulfide) groups is 1. The minimum absolute atomic E-state index is 0.0421. The molecule has 2 atom stereocenters. The largest absolute Gasteiger partial charge is 0.368 e. The molecule has 0 aliphatic carbocycles. The van der Waals surface area contributed by atoms with Gasteiger partial charge in [-0.1, -0.05) is 0 Å². The van der Waals surface area contributed by atoms with Crippen LogP contribution in [0.1, 0.15) is 30.2 Å². The van der Waals surface area contributed by atoms with E-state index in [9.17, 15) is 0 Å². The fourth-order valence-corrected chi connectivity index (χ4v) is 2.71. The lowest BCUT2D eigenvalue weighted by Crippen LogP contribution is -2.22. The molecule has 1 saturated heterocycles. The van der Waals surface area contributed by atoms with E-state index in [1.807, 2.05) is 31.7 Å². The Balaban J connectivity index is 2.18. The van der Waals surface area contributed by atoms with Gasteiger partial charge in [0.2, 0.25) is 0 Å². The second-order valence-electron chi connectivity index (χ2n) is 4.47. The summed E-state index contributed by atoms with van der Waals surface area (Å²) in [6.45, 7) is 4.77.